The number of aryl methyl sites for hydroxylation is 2. The monoisotopic (exact) mass is 308 g/mol. The fraction of sp³-hybridized carbons (Fsp3) is 0.263. The van der Waals surface area contributed by atoms with Gasteiger partial charge in [-0.2, -0.15) is 0 Å². The molecule has 0 saturated heterocycles. The molecule has 0 unspecified atom stereocenters. The van der Waals surface area contributed by atoms with Crippen molar-refractivity contribution in [3.8, 4) is 0 Å². The number of carbonyl (C=O) groups excluding carboxylic acids is 2. The molecule has 0 bridgehead atoms. The number of rotatable bonds is 2. The minimum Gasteiger partial charge on any atom is -0.320 e. The lowest BCUT2D eigenvalue weighted by Gasteiger charge is -2.19. The summed E-state index contributed by atoms with van der Waals surface area (Å²) in [6.07, 6.45) is 0.822. The maximum Gasteiger partial charge on any atom is 0.255 e. The van der Waals surface area contributed by atoms with Gasteiger partial charge in [0.25, 0.3) is 5.91 Å². The van der Waals surface area contributed by atoms with Crippen LogP contribution in [-0.4, -0.2) is 18.4 Å². The first-order valence-corrected chi connectivity index (χ1v) is 7.76. The van der Waals surface area contributed by atoms with E-state index < -0.39 is 0 Å². The zero-order valence-electron chi connectivity index (χ0n) is 13.6. The van der Waals surface area contributed by atoms with Crippen LogP contribution in [0.1, 0.15) is 34.0 Å². The van der Waals surface area contributed by atoms with Crippen LogP contribution < -0.4 is 10.2 Å². The molecular formula is C19H20N2O2. The fourth-order valence-electron chi connectivity index (χ4n) is 3.04. The molecule has 0 radical (unpaired) electrons. The number of benzene rings is 2. The molecule has 0 atom stereocenters. The third kappa shape index (κ3) is 2.84. The Hall–Kier alpha value is -2.62. The van der Waals surface area contributed by atoms with Crippen molar-refractivity contribution in [1.29, 1.82) is 0 Å². The molecule has 1 aliphatic rings. The summed E-state index contributed by atoms with van der Waals surface area (Å²) in [6, 6.07) is 11.6. The molecule has 23 heavy (non-hydrogen) atoms. The Morgan fingerprint density at radius 1 is 1.13 bits per heavy atom. The summed E-state index contributed by atoms with van der Waals surface area (Å²) < 4.78 is 0. The van der Waals surface area contributed by atoms with E-state index in [4.69, 9.17) is 0 Å². The van der Waals surface area contributed by atoms with E-state index in [1.54, 1.807) is 11.8 Å². The Labute approximate surface area is 136 Å². The van der Waals surface area contributed by atoms with E-state index in [0.29, 0.717) is 17.8 Å². The van der Waals surface area contributed by atoms with E-state index in [2.05, 4.69) is 5.32 Å². The molecular weight excluding hydrogens is 288 g/mol. The predicted molar refractivity (Wildman–Crippen MR) is 92.0 cm³/mol. The smallest absolute Gasteiger partial charge is 0.255 e. The average Bonchev–Trinajstić information content (AvgIpc) is 2.95. The molecule has 1 aliphatic heterocycles. The largest absolute Gasteiger partial charge is 0.320 e. The van der Waals surface area contributed by atoms with Gasteiger partial charge in [-0.25, -0.2) is 0 Å². The van der Waals surface area contributed by atoms with Crippen molar-refractivity contribution in [3.05, 3.63) is 58.7 Å². The van der Waals surface area contributed by atoms with Crippen molar-refractivity contribution in [2.24, 2.45) is 0 Å². The summed E-state index contributed by atoms with van der Waals surface area (Å²) >= 11 is 0. The first kappa shape index (κ1) is 15.3. The molecule has 4 nitrogen and oxygen atoms in total. The highest BCUT2D eigenvalue weighted by molar-refractivity contribution is 6.09. The van der Waals surface area contributed by atoms with Crippen molar-refractivity contribution < 1.29 is 9.59 Å². The topological polar surface area (TPSA) is 49.4 Å². The molecule has 3 rings (SSSR count). The fourth-order valence-corrected chi connectivity index (χ4v) is 3.04. The molecule has 2 aromatic rings. The number of nitrogens with zero attached hydrogens (tertiary/aromatic N) is 1. The maximum absolute atomic E-state index is 12.6. The van der Waals surface area contributed by atoms with Gasteiger partial charge in [0.05, 0.1) is 11.4 Å². The second kappa shape index (κ2) is 5.88. The SMILES string of the molecule is CC(=O)N1CCc2cccc(NC(=O)c3cc(C)ccc3C)c21. The van der Waals surface area contributed by atoms with Crippen LogP contribution >= 0.6 is 0 Å². The molecule has 2 aromatic carbocycles. The van der Waals surface area contributed by atoms with Crippen LogP contribution in [0.25, 0.3) is 0 Å². The minimum atomic E-state index is -0.144. The van der Waals surface area contributed by atoms with Crippen molar-refractivity contribution in [2.45, 2.75) is 27.2 Å². The number of anilines is 2. The summed E-state index contributed by atoms with van der Waals surface area (Å²) in [5.41, 5.74) is 5.27. The normalized spacial score (nSPS) is 12.9. The Balaban J connectivity index is 1.95. The summed E-state index contributed by atoms with van der Waals surface area (Å²) in [7, 11) is 0. The number of hydrogen-bond donors (Lipinski definition) is 1. The summed E-state index contributed by atoms with van der Waals surface area (Å²) in [6.45, 7) is 6.11. The number of para-hydroxylation sites is 1. The van der Waals surface area contributed by atoms with Gasteiger partial charge >= 0.3 is 0 Å². The number of nitrogens with one attached hydrogen (secondary N) is 1. The van der Waals surface area contributed by atoms with E-state index in [0.717, 1.165) is 28.8 Å². The highest BCUT2D eigenvalue weighted by Crippen LogP contribution is 2.35. The molecule has 0 aliphatic carbocycles. The number of fused-ring (bicyclic) bond motifs is 1. The summed E-state index contributed by atoms with van der Waals surface area (Å²) in [4.78, 5) is 26.2. The van der Waals surface area contributed by atoms with Crippen LogP contribution in [0.4, 0.5) is 11.4 Å². The molecule has 0 aromatic heterocycles. The van der Waals surface area contributed by atoms with Gasteiger partial charge in [0.15, 0.2) is 0 Å². The lowest BCUT2D eigenvalue weighted by Crippen LogP contribution is -2.27. The van der Waals surface area contributed by atoms with E-state index in [9.17, 15) is 9.59 Å². The lowest BCUT2D eigenvalue weighted by atomic mass is 10.0. The number of amides is 2. The van der Waals surface area contributed by atoms with Gasteiger partial charge in [0.1, 0.15) is 0 Å². The van der Waals surface area contributed by atoms with E-state index in [1.165, 1.54) is 0 Å². The highest BCUT2D eigenvalue weighted by atomic mass is 16.2. The highest BCUT2D eigenvalue weighted by Gasteiger charge is 2.26. The first-order chi connectivity index (χ1) is 11.0. The van der Waals surface area contributed by atoms with Crippen LogP contribution in [-0.2, 0) is 11.2 Å². The van der Waals surface area contributed by atoms with Gasteiger partial charge in [-0.3, -0.25) is 9.59 Å². The number of hydrogen-bond acceptors (Lipinski definition) is 2. The van der Waals surface area contributed by atoms with Gasteiger partial charge in [-0.05, 0) is 43.5 Å². The maximum atomic E-state index is 12.6. The zero-order chi connectivity index (χ0) is 16.6. The van der Waals surface area contributed by atoms with Crippen molar-refractivity contribution >= 4 is 23.2 Å². The molecule has 0 spiro atoms. The minimum absolute atomic E-state index is 0.00261. The molecule has 1 heterocycles. The molecule has 118 valence electrons. The molecule has 0 fully saturated rings. The van der Waals surface area contributed by atoms with E-state index >= 15 is 0 Å². The Morgan fingerprint density at radius 3 is 2.65 bits per heavy atom. The molecule has 2 amide bonds. The number of carbonyl (C=O) groups is 2. The second-order valence-electron chi connectivity index (χ2n) is 6.01. The summed E-state index contributed by atoms with van der Waals surface area (Å²) in [5.74, 6) is -0.146. The van der Waals surface area contributed by atoms with Gasteiger partial charge in [-0.15, -0.1) is 0 Å². The first-order valence-electron chi connectivity index (χ1n) is 7.76. The Morgan fingerprint density at radius 2 is 1.91 bits per heavy atom. The van der Waals surface area contributed by atoms with Crippen LogP contribution in [0.15, 0.2) is 36.4 Å². The van der Waals surface area contributed by atoms with Crippen molar-refractivity contribution in [2.75, 3.05) is 16.8 Å². The Kier molecular flexibility index (Phi) is 3.90. The lowest BCUT2D eigenvalue weighted by molar-refractivity contribution is -0.116. The average molecular weight is 308 g/mol. The van der Waals surface area contributed by atoms with Crippen molar-refractivity contribution in [3.63, 3.8) is 0 Å². The Bertz CT molecular complexity index is 796. The second-order valence-corrected chi connectivity index (χ2v) is 6.01. The van der Waals surface area contributed by atoms with E-state index in [1.807, 2.05) is 50.2 Å². The van der Waals surface area contributed by atoms with Crippen LogP contribution in [0, 0.1) is 13.8 Å². The zero-order valence-corrected chi connectivity index (χ0v) is 13.6. The van der Waals surface area contributed by atoms with Gasteiger partial charge in [-0.1, -0.05) is 29.8 Å². The van der Waals surface area contributed by atoms with Gasteiger partial charge in [0, 0.05) is 19.0 Å². The molecule has 1 N–H and O–H groups in total. The molecule has 4 heteroatoms. The van der Waals surface area contributed by atoms with Crippen molar-refractivity contribution in [1.82, 2.24) is 0 Å². The van der Waals surface area contributed by atoms with Crippen LogP contribution in [0.3, 0.4) is 0 Å². The standard InChI is InChI=1S/C19H20N2O2/c1-12-7-8-13(2)16(11-12)19(23)20-17-6-4-5-15-9-10-21(14(3)22)18(15)17/h4-8,11H,9-10H2,1-3H3,(H,20,23). The third-order valence-electron chi connectivity index (χ3n) is 4.26. The van der Waals surface area contributed by atoms with Crippen LogP contribution in [0.2, 0.25) is 0 Å². The quantitative estimate of drug-likeness (QED) is 0.923. The van der Waals surface area contributed by atoms with Crippen LogP contribution in [0.5, 0.6) is 0 Å². The van der Waals surface area contributed by atoms with Gasteiger partial charge < -0.3 is 10.2 Å². The summed E-state index contributed by atoms with van der Waals surface area (Å²) in [5, 5.41) is 2.98. The third-order valence-corrected chi connectivity index (χ3v) is 4.26. The van der Waals surface area contributed by atoms with Gasteiger partial charge in [0.2, 0.25) is 5.91 Å². The predicted octanol–water partition coefficient (Wildman–Crippen LogP) is 3.46. The van der Waals surface area contributed by atoms with E-state index in [-0.39, 0.29) is 11.8 Å². The molecule has 0 saturated carbocycles.